The topological polar surface area (TPSA) is 547 Å². The third-order valence-electron chi connectivity index (χ3n) is 21.9. The average molecular weight is 2020 g/mol. The highest BCUT2D eigenvalue weighted by Gasteiger charge is 2.48. The number of aliphatic hydroxyl groups is 9. The van der Waals surface area contributed by atoms with E-state index in [0.29, 0.717) is 77.6 Å². The van der Waals surface area contributed by atoms with Crippen LogP contribution in [-0.4, -0.2) is 335 Å². The minimum atomic E-state index is -4.13. The lowest BCUT2D eigenvalue weighted by Gasteiger charge is -2.41. The van der Waals surface area contributed by atoms with Gasteiger partial charge >= 0.3 is 33.6 Å². The highest BCUT2D eigenvalue weighted by atomic mass is 32.5. The molecule has 50 heteroatoms. The van der Waals surface area contributed by atoms with Crippen molar-refractivity contribution in [2.24, 2.45) is 23.7 Å². The van der Waals surface area contributed by atoms with Crippen LogP contribution in [0.25, 0.3) is 0 Å². The lowest BCUT2D eigenvalue weighted by atomic mass is 9.85. The lowest BCUT2D eigenvalue weighted by Crippen LogP contribution is -2.55. The van der Waals surface area contributed by atoms with Crippen molar-refractivity contribution in [1.82, 2.24) is 0 Å². The van der Waals surface area contributed by atoms with Crippen LogP contribution < -0.4 is 0 Å². The molecule has 0 radical (unpaired) electrons. The molecule has 0 aromatic rings. The van der Waals surface area contributed by atoms with Gasteiger partial charge in [-0.1, -0.05) is 85.5 Å². The Labute approximate surface area is 771 Å². The zero-order valence-electron chi connectivity index (χ0n) is 73.7. The van der Waals surface area contributed by atoms with Crippen molar-refractivity contribution in [3.05, 3.63) is 0 Å². The number of aliphatic hydroxyl groups excluding tert-OH is 9. The monoisotopic (exact) mass is 2020 g/mol. The molecular weight excluding hydrogens is 1880 g/mol. The van der Waals surface area contributed by atoms with Gasteiger partial charge in [-0.05, 0) is 144 Å². The number of carbonyl (C=O) groups is 3. The minimum Gasteiger partial charge on any atom is -0.394 e. The molecule has 0 bridgehead atoms. The van der Waals surface area contributed by atoms with Gasteiger partial charge in [-0.25, -0.2) is 0 Å². The normalized spacial score (nSPS) is 32.6. The van der Waals surface area contributed by atoms with E-state index in [-0.39, 0.29) is 147 Å². The molecule has 6 saturated heterocycles. The van der Waals surface area contributed by atoms with E-state index in [1.54, 1.807) is 13.8 Å². The second-order valence-corrected chi connectivity index (χ2v) is 47.6. The van der Waals surface area contributed by atoms with Crippen molar-refractivity contribution in [3.8, 4) is 0 Å². The van der Waals surface area contributed by atoms with Gasteiger partial charge in [0.05, 0.1) is 96.6 Å². The summed E-state index contributed by atoms with van der Waals surface area (Å²) in [4.78, 5) is 93.9. The molecule has 0 spiro atoms. The zero-order valence-corrected chi connectivity index (χ0v) is 82.3. The summed E-state index contributed by atoms with van der Waals surface area (Å²) < 4.78 is 133. The van der Waals surface area contributed by atoms with Crippen LogP contribution >= 0.6 is 33.6 Å². The first-order valence-electron chi connectivity index (χ1n) is 43.9. The van der Waals surface area contributed by atoms with Crippen LogP contribution in [0.15, 0.2) is 0 Å². The number of Topliss-reactive ketones (excluding diaryl/α,β-unsaturated/α-hetero) is 3. The fourth-order valence-corrected chi connectivity index (χ4v) is 21.3. The largest absolute Gasteiger partial charge is 0.394 e. The van der Waals surface area contributed by atoms with E-state index in [2.05, 4.69) is 0 Å². The standard InChI is InChI=1S/C77H143O40P5S5/c1-50-51(2)74(112-61(42-79)69(50)85)98-45-54(82)26-17-11-9-15-21-30-96-67-39-58(116-121(93,126)104-33-23-32-101-77(5,6)7)64(110-67)48-107-119(91,124)103-35-25-37-106-122(94,127)117-59-40-68(97-31-22-16-10-13-19-28-56(84)47-100-76-53(4)71(87)73(89)63(44-81)114-76)111-65(59)49-108-118(90,123)102-34-24-36-105-120(92,125)115-57-38-66(109-60(57)41-78)95-29-20-14-8-12-18-27-55(83)46-99-75-52(3)70(86)72(88)62(43-80)113-75/h50-53,57-76,78-81,85-89H,8-49H2,1-7H3,(H,90,123)(H,91,124)(H,92,125)(H,93,126)(H,94,127)/t50-,51?,52?,53?,57?,58?,59?,60-,61?,62?,63?,64-,65-,66+,67+,68+,69-,70-,71-,72+,73+,74-,75-,76-,118?,119?,120?,121?,122?/m1/s1. The van der Waals surface area contributed by atoms with Crippen molar-refractivity contribution in [2.75, 3.05) is 119 Å². The van der Waals surface area contributed by atoms with Crippen molar-refractivity contribution in [1.29, 1.82) is 0 Å². The van der Waals surface area contributed by atoms with E-state index < -0.39 is 201 Å². The Morgan fingerprint density at radius 2 is 0.598 bits per heavy atom. The van der Waals surface area contributed by atoms with Gasteiger partial charge in [0.25, 0.3) is 0 Å². The van der Waals surface area contributed by atoms with Gasteiger partial charge in [0.15, 0.2) is 55.1 Å². The fraction of sp³-hybridized carbons (Fsp3) is 0.961. The highest BCUT2D eigenvalue weighted by Crippen LogP contribution is 2.53. The molecule has 746 valence electrons. The summed E-state index contributed by atoms with van der Waals surface area (Å²) in [5.74, 6) is -2.02. The first-order valence-corrected chi connectivity index (χ1v) is 56.9. The van der Waals surface area contributed by atoms with Gasteiger partial charge < -0.3 is 177 Å². The van der Waals surface area contributed by atoms with Crippen molar-refractivity contribution in [2.45, 2.75) is 331 Å². The van der Waals surface area contributed by atoms with E-state index in [1.165, 1.54) is 0 Å². The van der Waals surface area contributed by atoms with Gasteiger partial charge in [0.1, 0.15) is 87.0 Å². The molecular formula is C77H143O40P5S5. The second kappa shape index (κ2) is 60.0. The molecule has 40 nitrogen and oxygen atoms in total. The van der Waals surface area contributed by atoms with Crippen molar-refractivity contribution in [3.63, 3.8) is 0 Å². The van der Waals surface area contributed by atoms with Crippen LogP contribution in [0.4, 0.5) is 0 Å². The van der Waals surface area contributed by atoms with Gasteiger partial charge in [0.2, 0.25) is 0 Å². The molecule has 6 rings (SSSR count). The molecule has 29 atom stereocenters. The molecule has 6 fully saturated rings. The Balaban J connectivity index is 0.914. The first-order chi connectivity index (χ1) is 60.1. The maximum atomic E-state index is 12.7. The Morgan fingerprint density at radius 3 is 0.929 bits per heavy atom. The smallest absolute Gasteiger partial charge is 0.324 e. The molecule has 14 unspecified atom stereocenters. The predicted molar refractivity (Wildman–Crippen MR) is 473 cm³/mol. The molecule has 0 saturated carbocycles. The summed E-state index contributed by atoms with van der Waals surface area (Å²) in [6, 6.07) is 0. The molecule has 6 aliphatic rings. The second-order valence-electron chi connectivity index (χ2n) is 33.5. The number of ketones is 3. The van der Waals surface area contributed by atoms with E-state index in [0.717, 1.165) is 51.4 Å². The summed E-state index contributed by atoms with van der Waals surface area (Å²) in [5.41, 5.74) is -0.392. The van der Waals surface area contributed by atoms with Gasteiger partial charge in [-0.2, -0.15) is 0 Å². The van der Waals surface area contributed by atoms with Crippen LogP contribution in [0.2, 0.25) is 0 Å². The number of unbranched alkanes of at least 4 members (excludes halogenated alkanes) is 12. The summed E-state index contributed by atoms with van der Waals surface area (Å²) in [5, 5.41) is 89.8. The van der Waals surface area contributed by atoms with E-state index >= 15 is 0 Å². The first kappa shape index (κ1) is 116. The molecule has 127 heavy (non-hydrogen) atoms. The van der Waals surface area contributed by atoms with Crippen LogP contribution in [0.1, 0.15) is 203 Å². The maximum Gasteiger partial charge on any atom is 0.324 e. The SMILES string of the molecule is CC1[C@H](OCC(=O)CCCCCCCO[C@@H]2CC(OP(O)(=S)OCCCOC(C)(C)C)[C@@H](COP(O)(=S)OCCCOP(O)(=S)OC3C[C@@H](OCCCCCCCC(=O)CO[C@@H]4OC(CO)[C@H](O)[C@H](O)C4C)O[C@@H]3COP(O)(=S)OCCCOP(O)(=S)OC3C[C@@H](OCCCCCCCC(=O)CO[C@@H]4OC(CO)[C@H](O)[C@H](O)C4C)O[C@@H]3CO)O2)OC(CO)[C@H](O)[C@@H]1C. The van der Waals surface area contributed by atoms with E-state index in [1.807, 2.05) is 34.6 Å². The molecule has 0 aromatic heterocycles. The Kier molecular flexibility index (Phi) is 55.1. The minimum absolute atomic E-state index is 0.00264. The molecule has 0 aromatic carbocycles. The van der Waals surface area contributed by atoms with Crippen molar-refractivity contribution < 1.29 is 192 Å². The highest BCUT2D eigenvalue weighted by molar-refractivity contribution is 8.08. The third kappa shape index (κ3) is 44.9. The number of rotatable bonds is 69. The number of carbonyl (C=O) groups excluding carboxylic acids is 3. The fourth-order valence-electron chi connectivity index (χ4n) is 14.3. The summed E-state index contributed by atoms with van der Waals surface area (Å²) in [7, 11) is 0. The van der Waals surface area contributed by atoms with Crippen LogP contribution in [-0.2, 0) is 180 Å². The Bertz CT molecular complexity index is 3370. The molecule has 6 aliphatic heterocycles. The van der Waals surface area contributed by atoms with E-state index in [4.69, 9.17) is 166 Å². The number of hydrogen-bond acceptors (Lipinski definition) is 40. The van der Waals surface area contributed by atoms with Crippen molar-refractivity contribution >= 4 is 110 Å². The lowest BCUT2D eigenvalue weighted by molar-refractivity contribution is -0.280. The quantitative estimate of drug-likeness (QED) is 0.0245. The van der Waals surface area contributed by atoms with E-state index in [9.17, 15) is 84.8 Å². The average Bonchev–Trinajstić information content (AvgIpc) is 1.74. The van der Waals surface area contributed by atoms with Crippen LogP contribution in [0.3, 0.4) is 0 Å². The zero-order chi connectivity index (χ0) is 93.6. The van der Waals surface area contributed by atoms with Crippen LogP contribution in [0, 0.1) is 23.7 Å². The maximum absolute atomic E-state index is 12.7. The third-order valence-corrected chi connectivity index (χ3v) is 30.0. The van der Waals surface area contributed by atoms with Gasteiger partial charge in [-0.3, -0.25) is 14.4 Å². The Morgan fingerprint density at radius 1 is 0.315 bits per heavy atom. The Hall–Kier alpha value is 0.780. The van der Waals surface area contributed by atoms with Gasteiger partial charge in [-0.15, -0.1) is 0 Å². The molecule has 0 amide bonds. The number of hydrogen-bond donors (Lipinski definition) is 14. The van der Waals surface area contributed by atoms with Crippen LogP contribution in [0.5, 0.6) is 0 Å². The summed E-state index contributed by atoms with van der Waals surface area (Å²) >= 11 is 26.8. The van der Waals surface area contributed by atoms with Gasteiger partial charge in [0, 0.05) is 82.7 Å². The molecule has 14 N–H and O–H groups in total. The summed E-state index contributed by atoms with van der Waals surface area (Å²) in [6.45, 7) is -10.4. The summed E-state index contributed by atoms with van der Waals surface area (Å²) in [6.07, 6.45) is -7.40. The number of ether oxygens (including phenoxy) is 13. The molecule has 6 heterocycles. The molecule has 0 aliphatic carbocycles. The predicted octanol–water partition coefficient (Wildman–Crippen LogP) is 5.99.